The zero-order valence-electron chi connectivity index (χ0n) is 12.4. The SMILES string of the molecule is CCC[C@H]1OC(=O)[C@@H](O)CC/C=C\[C@@H]2OC(C)(C)O[C@@H]21. The first-order valence-corrected chi connectivity index (χ1v) is 7.34. The molecule has 1 fully saturated rings. The van der Waals surface area contributed by atoms with Gasteiger partial charge in [-0.05, 0) is 33.1 Å². The van der Waals surface area contributed by atoms with E-state index in [4.69, 9.17) is 14.2 Å². The summed E-state index contributed by atoms with van der Waals surface area (Å²) in [5.41, 5.74) is 0. The summed E-state index contributed by atoms with van der Waals surface area (Å²) in [5.74, 6) is -1.25. The second-order valence-corrected chi connectivity index (χ2v) is 5.85. The number of carbonyl (C=O) groups is 1. The minimum Gasteiger partial charge on any atom is -0.458 e. The van der Waals surface area contributed by atoms with Crippen LogP contribution < -0.4 is 0 Å². The normalized spacial score (nSPS) is 38.9. The van der Waals surface area contributed by atoms with Crippen molar-refractivity contribution >= 4 is 5.97 Å². The molecule has 2 rings (SSSR count). The summed E-state index contributed by atoms with van der Waals surface area (Å²) in [4.78, 5) is 11.9. The van der Waals surface area contributed by atoms with Crippen molar-refractivity contribution in [3.63, 3.8) is 0 Å². The van der Waals surface area contributed by atoms with Gasteiger partial charge in [0.15, 0.2) is 11.9 Å². The van der Waals surface area contributed by atoms with Gasteiger partial charge in [-0.2, -0.15) is 0 Å². The summed E-state index contributed by atoms with van der Waals surface area (Å²) in [6.07, 6.45) is 4.43. The fraction of sp³-hybridized carbons (Fsp3) is 0.800. The summed E-state index contributed by atoms with van der Waals surface area (Å²) in [6.45, 7) is 5.73. The Balaban J connectivity index is 2.22. The highest BCUT2D eigenvalue weighted by molar-refractivity contribution is 5.74. The predicted molar refractivity (Wildman–Crippen MR) is 73.0 cm³/mol. The van der Waals surface area contributed by atoms with Crippen molar-refractivity contribution in [3.05, 3.63) is 12.2 Å². The Kier molecular flexibility index (Phi) is 4.83. The largest absolute Gasteiger partial charge is 0.458 e. The standard InChI is InChI=1S/C15H24O5/c1-4-7-11-13-12(19-15(2,3)20-13)9-6-5-8-10(16)14(17)18-11/h6,9-13,16H,4-5,7-8H2,1-3H3/b9-6-/t10-,11+,12-,13+/m0/s1. The monoisotopic (exact) mass is 284 g/mol. The molecule has 0 aliphatic carbocycles. The molecule has 0 amide bonds. The van der Waals surface area contributed by atoms with Crippen LogP contribution in [0.3, 0.4) is 0 Å². The van der Waals surface area contributed by atoms with Gasteiger partial charge in [0.25, 0.3) is 0 Å². The molecule has 5 nitrogen and oxygen atoms in total. The van der Waals surface area contributed by atoms with E-state index in [1.165, 1.54) is 0 Å². The van der Waals surface area contributed by atoms with Gasteiger partial charge in [0.05, 0.1) is 0 Å². The molecule has 2 heterocycles. The Morgan fingerprint density at radius 2 is 2.15 bits per heavy atom. The lowest BCUT2D eigenvalue weighted by molar-refractivity contribution is -0.177. The van der Waals surface area contributed by atoms with Crippen molar-refractivity contribution in [3.8, 4) is 0 Å². The van der Waals surface area contributed by atoms with Gasteiger partial charge in [-0.1, -0.05) is 25.5 Å². The quantitative estimate of drug-likeness (QED) is 0.620. The molecule has 0 aromatic heterocycles. The molecule has 0 aromatic carbocycles. The second kappa shape index (κ2) is 6.24. The van der Waals surface area contributed by atoms with Crippen LogP contribution >= 0.6 is 0 Å². The Morgan fingerprint density at radius 3 is 2.85 bits per heavy atom. The van der Waals surface area contributed by atoms with Crippen molar-refractivity contribution in [1.82, 2.24) is 0 Å². The highest BCUT2D eigenvalue weighted by Gasteiger charge is 2.45. The topological polar surface area (TPSA) is 65.0 Å². The second-order valence-electron chi connectivity index (χ2n) is 5.85. The Morgan fingerprint density at radius 1 is 1.40 bits per heavy atom. The number of aliphatic hydroxyl groups is 1. The number of ether oxygens (including phenoxy) is 3. The fourth-order valence-electron chi connectivity index (χ4n) is 2.66. The summed E-state index contributed by atoms with van der Waals surface area (Å²) < 4.78 is 17.2. The van der Waals surface area contributed by atoms with Crippen LogP contribution in [0.1, 0.15) is 46.5 Å². The molecule has 1 saturated heterocycles. The third-order valence-electron chi connectivity index (χ3n) is 3.58. The van der Waals surface area contributed by atoms with E-state index in [0.717, 1.165) is 6.42 Å². The summed E-state index contributed by atoms with van der Waals surface area (Å²) in [6, 6.07) is 0. The molecule has 114 valence electrons. The van der Waals surface area contributed by atoms with E-state index in [0.29, 0.717) is 19.3 Å². The number of esters is 1. The molecular weight excluding hydrogens is 260 g/mol. The average molecular weight is 284 g/mol. The minimum atomic E-state index is -1.06. The number of hydrogen-bond acceptors (Lipinski definition) is 5. The van der Waals surface area contributed by atoms with Gasteiger partial charge in [0.1, 0.15) is 18.3 Å². The Bertz CT molecular complexity index is 376. The van der Waals surface area contributed by atoms with Gasteiger partial charge in [0, 0.05) is 0 Å². The molecule has 5 heteroatoms. The number of fused-ring (bicyclic) bond motifs is 1. The van der Waals surface area contributed by atoms with E-state index < -0.39 is 24.0 Å². The molecule has 0 radical (unpaired) electrons. The van der Waals surface area contributed by atoms with Crippen molar-refractivity contribution in [2.24, 2.45) is 0 Å². The van der Waals surface area contributed by atoms with Crippen LogP contribution in [0.5, 0.6) is 0 Å². The molecule has 0 saturated carbocycles. The number of rotatable bonds is 2. The lowest BCUT2D eigenvalue weighted by Crippen LogP contribution is -2.40. The smallest absolute Gasteiger partial charge is 0.335 e. The molecule has 2 aliphatic rings. The van der Waals surface area contributed by atoms with E-state index in [-0.39, 0.29) is 12.2 Å². The van der Waals surface area contributed by atoms with Crippen LogP contribution in [0.4, 0.5) is 0 Å². The van der Waals surface area contributed by atoms with E-state index in [2.05, 4.69) is 0 Å². The first-order chi connectivity index (χ1) is 9.43. The van der Waals surface area contributed by atoms with Crippen LogP contribution in [0.15, 0.2) is 12.2 Å². The molecule has 0 spiro atoms. The van der Waals surface area contributed by atoms with Gasteiger partial charge in [-0.15, -0.1) is 0 Å². The highest BCUT2D eigenvalue weighted by atomic mass is 16.8. The summed E-state index contributed by atoms with van der Waals surface area (Å²) in [7, 11) is 0. The van der Waals surface area contributed by atoms with E-state index in [1.807, 2.05) is 32.9 Å². The summed E-state index contributed by atoms with van der Waals surface area (Å²) in [5, 5.41) is 9.75. The van der Waals surface area contributed by atoms with Gasteiger partial charge in [0.2, 0.25) is 0 Å². The maximum absolute atomic E-state index is 11.9. The van der Waals surface area contributed by atoms with Gasteiger partial charge in [-0.25, -0.2) is 4.79 Å². The van der Waals surface area contributed by atoms with Crippen LogP contribution in [-0.4, -0.2) is 41.3 Å². The number of aliphatic hydroxyl groups excluding tert-OH is 1. The van der Waals surface area contributed by atoms with E-state index >= 15 is 0 Å². The van der Waals surface area contributed by atoms with Crippen LogP contribution in [0, 0.1) is 0 Å². The zero-order valence-corrected chi connectivity index (χ0v) is 12.4. The first kappa shape index (κ1) is 15.5. The number of cyclic esters (lactones) is 1. The van der Waals surface area contributed by atoms with Crippen LogP contribution in [0.2, 0.25) is 0 Å². The highest BCUT2D eigenvalue weighted by Crippen LogP contribution is 2.33. The number of allylic oxidation sites excluding steroid dienone is 1. The third kappa shape index (κ3) is 3.59. The third-order valence-corrected chi connectivity index (χ3v) is 3.58. The maximum atomic E-state index is 11.9. The molecule has 20 heavy (non-hydrogen) atoms. The first-order valence-electron chi connectivity index (χ1n) is 7.34. The fourth-order valence-corrected chi connectivity index (χ4v) is 2.66. The Labute approximate surface area is 119 Å². The molecule has 0 unspecified atom stereocenters. The van der Waals surface area contributed by atoms with E-state index in [9.17, 15) is 9.90 Å². The van der Waals surface area contributed by atoms with E-state index in [1.54, 1.807) is 0 Å². The molecule has 0 bridgehead atoms. The maximum Gasteiger partial charge on any atom is 0.335 e. The van der Waals surface area contributed by atoms with Crippen LogP contribution in [0.25, 0.3) is 0 Å². The van der Waals surface area contributed by atoms with Crippen molar-refractivity contribution in [1.29, 1.82) is 0 Å². The zero-order chi connectivity index (χ0) is 14.8. The lowest BCUT2D eigenvalue weighted by atomic mass is 10.0. The summed E-state index contributed by atoms with van der Waals surface area (Å²) >= 11 is 0. The van der Waals surface area contributed by atoms with Gasteiger partial charge in [-0.3, -0.25) is 0 Å². The van der Waals surface area contributed by atoms with Crippen molar-refractivity contribution in [2.75, 3.05) is 0 Å². The van der Waals surface area contributed by atoms with Gasteiger partial charge < -0.3 is 19.3 Å². The van der Waals surface area contributed by atoms with Crippen molar-refractivity contribution < 1.29 is 24.1 Å². The van der Waals surface area contributed by atoms with Crippen LogP contribution in [-0.2, 0) is 19.0 Å². The predicted octanol–water partition coefficient (Wildman–Crippen LogP) is 1.93. The van der Waals surface area contributed by atoms with Crippen molar-refractivity contribution in [2.45, 2.75) is 76.7 Å². The number of carbonyl (C=O) groups excluding carboxylic acids is 1. The molecule has 1 N–H and O–H groups in total. The Hall–Kier alpha value is -0.910. The lowest BCUT2D eigenvalue weighted by Gasteiger charge is -2.27. The molecule has 2 aliphatic heterocycles. The van der Waals surface area contributed by atoms with Gasteiger partial charge >= 0.3 is 5.97 Å². The number of hydrogen-bond donors (Lipinski definition) is 1. The minimum absolute atomic E-state index is 0.218. The molecular formula is C15H24O5. The average Bonchev–Trinajstić information content (AvgIpc) is 2.68. The molecule has 4 atom stereocenters. The molecule has 0 aromatic rings.